The third-order valence-corrected chi connectivity index (χ3v) is 6.74. The molecule has 0 unspecified atom stereocenters. The van der Waals surface area contributed by atoms with Crippen molar-refractivity contribution in [2.75, 3.05) is 4.90 Å². The van der Waals surface area contributed by atoms with Gasteiger partial charge in [-0.15, -0.1) is 0 Å². The quantitative estimate of drug-likeness (QED) is 0.331. The molecule has 39 heavy (non-hydrogen) atoms. The van der Waals surface area contributed by atoms with Gasteiger partial charge in [0.15, 0.2) is 5.82 Å². The Morgan fingerprint density at radius 1 is 1.13 bits per heavy atom. The lowest BCUT2D eigenvalue weighted by molar-refractivity contribution is -0.128. The molecule has 4 aromatic rings. The Labute approximate surface area is 226 Å². The normalized spacial score (nSPS) is 15.5. The van der Waals surface area contributed by atoms with Gasteiger partial charge in [-0.1, -0.05) is 48.5 Å². The molecule has 1 aliphatic heterocycles. The van der Waals surface area contributed by atoms with Crippen LogP contribution in [0.3, 0.4) is 0 Å². The Balaban J connectivity index is 1.42. The van der Waals surface area contributed by atoms with Crippen LogP contribution in [0.25, 0.3) is 22.5 Å². The highest BCUT2D eigenvalue weighted by molar-refractivity contribution is 6.00. The van der Waals surface area contributed by atoms with Gasteiger partial charge in [-0.05, 0) is 67.1 Å². The van der Waals surface area contributed by atoms with Gasteiger partial charge < -0.3 is 16.0 Å². The second-order valence-corrected chi connectivity index (χ2v) is 10.6. The molecule has 0 fully saturated rings. The largest absolute Gasteiger partial charge is 0.344 e. The Bertz CT molecular complexity index is 1480. The van der Waals surface area contributed by atoms with E-state index in [4.69, 9.17) is 5.73 Å². The molecular weight excluding hydrogens is 495 g/mol. The van der Waals surface area contributed by atoms with Crippen LogP contribution in [0.5, 0.6) is 0 Å². The molecule has 1 aromatic heterocycles. The number of fused-ring (bicyclic) bond motifs is 1. The summed E-state index contributed by atoms with van der Waals surface area (Å²) in [6, 6.07) is 19.5. The Hall–Kier alpha value is -4.37. The van der Waals surface area contributed by atoms with Crippen LogP contribution < -0.4 is 16.0 Å². The van der Waals surface area contributed by atoms with Gasteiger partial charge in [0, 0.05) is 23.2 Å². The van der Waals surface area contributed by atoms with E-state index < -0.39 is 11.6 Å². The van der Waals surface area contributed by atoms with Gasteiger partial charge in [0.25, 0.3) is 0 Å². The Morgan fingerprint density at radius 3 is 2.56 bits per heavy atom. The van der Waals surface area contributed by atoms with E-state index in [1.165, 1.54) is 12.1 Å². The van der Waals surface area contributed by atoms with E-state index in [9.17, 15) is 14.0 Å². The van der Waals surface area contributed by atoms with Crippen molar-refractivity contribution in [1.29, 1.82) is 0 Å². The highest BCUT2D eigenvalue weighted by Crippen LogP contribution is 2.32. The summed E-state index contributed by atoms with van der Waals surface area (Å²) in [5.41, 5.74) is 10.5. The summed E-state index contributed by atoms with van der Waals surface area (Å²) in [4.78, 5) is 32.3. The van der Waals surface area contributed by atoms with Gasteiger partial charge in [-0.3, -0.25) is 14.7 Å². The number of aromatic nitrogens is 3. The molecule has 0 bridgehead atoms. The molecule has 9 heteroatoms. The average Bonchev–Trinajstić information content (AvgIpc) is 3.40. The van der Waals surface area contributed by atoms with E-state index in [1.807, 2.05) is 48.5 Å². The second-order valence-electron chi connectivity index (χ2n) is 10.6. The van der Waals surface area contributed by atoms with Crippen molar-refractivity contribution in [2.24, 2.45) is 5.73 Å². The minimum absolute atomic E-state index is 0.0924. The predicted octanol–water partition coefficient (Wildman–Crippen LogP) is 4.37. The first-order valence-electron chi connectivity index (χ1n) is 12.9. The van der Waals surface area contributed by atoms with E-state index in [0.717, 1.165) is 27.8 Å². The first-order chi connectivity index (χ1) is 18.7. The smallest absolute Gasteiger partial charge is 0.249 e. The number of hydrogen-bond donors (Lipinski definition) is 3. The summed E-state index contributed by atoms with van der Waals surface area (Å²) in [5, 5.41) is 9.83. The summed E-state index contributed by atoms with van der Waals surface area (Å²) < 4.78 is 14.1. The zero-order valence-electron chi connectivity index (χ0n) is 21.9. The van der Waals surface area contributed by atoms with Crippen LogP contribution in [0, 0.1) is 5.82 Å². The number of nitrogens with two attached hydrogens (primary N) is 1. The van der Waals surface area contributed by atoms with Crippen molar-refractivity contribution in [3.8, 4) is 22.5 Å². The van der Waals surface area contributed by atoms with Gasteiger partial charge in [-0.2, -0.15) is 5.10 Å². The molecule has 0 aliphatic carbocycles. The van der Waals surface area contributed by atoms with Crippen LogP contribution in [0.1, 0.15) is 37.8 Å². The van der Waals surface area contributed by atoms with Gasteiger partial charge in [0.1, 0.15) is 18.2 Å². The lowest BCUT2D eigenvalue weighted by Crippen LogP contribution is -2.49. The number of benzene rings is 3. The van der Waals surface area contributed by atoms with Crippen LogP contribution in [0.2, 0.25) is 0 Å². The van der Waals surface area contributed by atoms with Gasteiger partial charge in [0.2, 0.25) is 11.8 Å². The lowest BCUT2D eigenvalue weighted by Gasteiger charge is -2.27. The fraction of sp³-hybridized carbons (Fsp3) is 0.267. The first kappa shape index (κ1) is 26.2. The van der Waals surface area contributed by atoms with Crippen molar-refractivity contribution in [3.05, 3.63) is 90.0 Å². The average molecular weight is 527 g/mol. The van der Waals surface area contributed by atoms with Crippen molar-refractivity contribution >= 4 is 17.5 Å². The van der Waals surface area contributed by atoms with Gasteiger partial charge in [0.05, 0.1) is 6.54 Å². The molecule has 0 saturated carbocycles. The van der Waals surface area contributed by atoms with E-state index >= 15 is 0 Å². The molecule has 4 N–H and O–H groups in total. The van der Waals surface area contributed by atoms with E-state index in [2.05, 4.69) is 20.5 Å². The monoisotopic (exact) mass is 526 g/mol. The molecule has 2 heterocycles. The fourth-order valence-corrected chi connectivity index (χ4v) is 4.94. The number of rotatable bonds is 7. The van der Waals surface area contributed by atoms with Crippen molar-refractivity contribution in [2.45, 2.75) is 51.2 Å². The number of carbonyl (C=O) groups excluding carboxylic acids is 2. The summed E-state index contributed by atoms with van der Waals surface area (Å²) in [5.74, 6) is -0.266. The summed E-state index contributed by atoms with van der Waals surface area (Å²) >= 11 is 0. The molecule has 0 saturated heterocycles. The molecular formula is C30H31FN6O2. The highest BCUT2D eigenvalue weighted by Gasteiger charge is 2.32. The van der Waals surface area contributed by atoms with Crippen LogP contribution >= 0.6 is 0 Å². The third-order valence-electron chi connectivity index (χ3n) is 6.74. The van der Waals surface area contributed by atoms with E-state index in [0.29, 0.717) is 24.4 Å². The first-order valence-corrected chi connectivity index (χ1v) is 12.9. The molecule has 0 radical (unpaired) electrons. The predicted molar refractivity (Wildman–Crippen MR) is 148 cm³/mol. The number of aromatic amines is 1. The minimum atomic E-state index is -0.734. The Morgan fingerprint density at radius 2 is 1.87 bits per heavy atom. The number of hydrogen-bond acceptors (Lipinski definition) is 5. The number of anilines is 1. The molecule has 5 rings (SSSR count). The second kappa shape index (κ2) is 10.8. The minimum Gasteiger partial charge on any atom is -0.344 e. The van der Waals surface area contributed by atoms with E-state index in [-0.39, 0.29) is 30.6 Å². The maximum Gasteiger partial charge on any atom is 0.249 e. The topological polar surface area (TPSA) is 117 Å². The zero-order chi connectivity index (χ0) is 27.6. The molecule has 1 atom stereocenters. The number of halogens is 1. The molecule has 8 nitrogen and oxygen atoms in total. The summed E-state index contributed by atoms with van der Waals surface area (Å²) in [7, 11) is 0. The molecule has 2 amide bonds. The summed E-state index contributed by atoms with van der Waals surface area (Å²) in [6.45, 7) is 3.80. The highest BCUT2D eigenvalue weighted by atomic mass is 19.1. The van der Waals surface area contributed by atoms with Crippen molar-refractivity contribution in [3.63, 3.8) is 0 Å². The third kappa shape index (κ3) is 6.04. The molecule has 200 valence electrons. The zero-order valence-corrected chi connectivity index (χ0v) is 21.9. The van der Waals surface area contributed by atoms with Crippen molar-refractivity contribution in [1.82, 2.24) is 20.5 Å². The van der Waals surface area contributed by atoms with Crippen LogP contribution in [0.4, 0.5) is 10.1 Å². The van der Waals surface area contributed by atoms with Gasteiger partial charge >= 0.3 is 0 Å². The maximum atomic E-state index is 14.1. The number of nitrogens with zero attached hydrogens (tertiary/aromatic N) is 3. The number of nitrogens with one attached hydrogen (secondary N) is 2. The molecule has 0 spiro atoms. The fourth-order valence-electron chi connectivity index (χ4n) is 4.94. The van der Waals surface area contributed by atoms with Crippen molar-refractivity contribution < 1.29 is 14.0 Å². The maximum absolute atomic E-state index is 14.1. The number of carbonyl (C=O) groups is 2. The number of aryl methyl sites for hydroxylation is 1. The number of amides is 2. The standard InChI is InChI=1S/C30H31FN6O2/c1-30(2,32)16-27(38)35-25-13-11-21-15-22(31)12-14-26(21)37(29(25)39)17-19-7-9-20(10-8-19)23-5-3-4-6-24(23)28-33-18-34-36-28/h3-10,12,14-15,18,25H,11,13,16-17,32H2,1-2H3,(H,35,38)(H,33,34,36)/t25-/m1/s1. The molecule has 3 aromatic carbocycles. The van der Waals surface area contributed by atoms with Crippen LogP contribution in [-0.2, 0) is 22.6 Å². The van der Waals surface area contributed by atoms with E-state index in [1.54, 1.807) is 31.1 Å². The lowest BCUT2D eigenvalue weighted by atomic mass is 9.98. The Kier molecular flexibility index (Phi) is 7.26. The van der Waals surface area contributed by atoms with Gasteiger partial charge in [-0.25, -0.2) is 9.37 Å². The van der Waals surface area contributed by atoms with Crippen LogP contribution in [0.15, 0.2) is 73.1 Å². The summed E-state index contributed by atoms with van der Waals surface area (Å²) in [6.07, 6.45) is 2.47. The van der Waals surface area contributed by atoms with Crippen LogP contribution in [-0.4, -0.2) is 38.6 Å². The SMILES string of the molecule is CC(C)(N)CC(=O)N[C@@H]1CCc2cc(F)ccc2N(Cc2ccc(-c3ccccc3-c3nc[nH]n3)cc2)C1=O. The number of H-pyrrole nitrogens is 1. The molecule has 1 aliphatic rings.